The fraction of sp³-hybridized carbons (Fsp3) is 0.273. The third-order valence-corrected chi connectivity index (χ3v) is 2.36. The zero-order valence-corrected chi connectivity index (χ0v) is 9.17. The van der Waals surface area contributed by atoms with Gasteiger partial charge in [0.2, 0.25) is 0 Å². The molecular weight excluding hydrogens is 233 g/mol. The fourth-order valence-corrected chi connectivity index (χ4v) is 1.59. The Morgan fingerprint density at radius 1 is 1.24 bits per heavy atom. The Kier molecular flexibility index (Phi) is 2.65. The average Bonchev–Trinajstić information content (AvgIpc) is 2.26. The molecule has 0 saturated carbocycles. The van der Waals surface area contributed by atoms with E-state index in [1.54, 1.807) is 6.92 Å². The summed E-state index contributed by atoms with van der Waals surface area (Å²) in [5, 5.41) is -0.0533. The van der Waals surface area contributed by atoms with Crippen molar-refractivity contribution in [2.75, 3.05) is 7.11 Å². The van der Waals surface area contributed by atoms with Gasteiger partial charge in [0, 0.05) is 11.6 Å². The van der Waals surface area contributed by atoms with E-state index in [0.29, 0.717) is 11.6 Å². The summed E-state index contributed by atoms with van der Waals surface area (Å²) >= 11 is 0. The molecule has 0 amide bonds. The monoisotopic (exact) mass is 242 g/mol. The number of fused-ring (bicyclic) bond motifs is 1. The zero-order valence-electron chi connectivity index (χ0n) is 9.17. The van der Waals surface area contributed by atoms with Gasteiger partial charge in [0.05, 0.1) is 12.7 Å². The van der Waals surface area contributed by atoms with Crippen molar-refractivity contribution in [3.63, 3.8) is 0 Å². The molecule has 0 radical (unpaired) electrons. The molecule has 1 heterocycles. The van der Waals surface area contributed by atoms with E-state index in [4.69, 9.17) is 4.74 Å². The summed E-state index contributed by atoms with van der Waals surface area (Å²) in [6, 6.07) is 2.23. The molecule has 0 fully saturated rings. The minimum absolute atomic E-state index is 0.0533. The minimum Gasteiger partial charge on any atom is -0.494 e. The normalized spacial score (nSPS) is 11.8. The van der Waals surface area contributed by atoms with Crippen LogP contribution >= 0.6 is 0 Å². The van der Waals surface area contributed by atoms with Crippen molar-refractivity contribution >= 4 is 10.9 Å². The van der Waals surface area contributed by atoms with Crippen LogP contribution in [0.15, 0.2) is 18.3 Å². The highest BCUT2D eigenvalue weighted by Crippen LogP contribution is 2.37. The van der Waals surface area contributed by atoms with Crippen LogP contribution in [0.25, 0.3) is 10.9 Å². The molecule has 2 rings (SSSR count). The van der Waals surface area contributed by atoms with Crippen LogP contribution in [0.5, 0.6) is 5.75 Å². The van der Waals surface area contributed by atoms with Gasteiger partial charge < -0.3 is 4.74 Å². The molecule has 6 heteroatoms. The maximum atomic E-state index is 12.8. The van der Waals surface area contributed by atoms with E-state index in [1.807, 2.05) is 0 Å². The van der Waals surface area contributed by atoms with Gasteiger partial charge in [0.15, 0.2) is 0 Å². The summed E-state index contributed by atoms with van der Waals surface area (Å²) in [4.78, 5) is 7.77. The van der Waals surface area contributed by atoms with Crippen LogP contribution < -0.4 is 4.74 Å². The second kappa shape index (κ2) is 3.87. The molecular formula is C11H9F3N2O. The number of alkyl halides is 3. The first kappa shape index (κ1) is 11.6. The number of ether oxygens (including phenoxy) is 1. The molecule has 90 valence electrons. The first-order valence-corrected chi connectivity index (χ1v) is 4.81. The number of hydrogen-bond donors (Lipinski definition) is 0. The van der Waals surface area contributed by atoms with Crippen LogP contribution in [0, 0.1) is 6.92 Å². The maximum absolute atomic E-state index is 12.8. The Morgan fingerprint density at radius 3 is 2.53 bits per heavy atom. The highest BCUT2D eigenvalue weighted by atomic mass is 19.4. The molecule has 0 N–H and O–H groups in total. The van der Waals surface area contributed by atoms with Gasteiger partial charge in [0.25, 0.3) is 0 Å². The number of aromatic nitrogens is 2. The van der Waals surface area contributed by atoms with Crippen LogP contribution in [0.4, 0.5) is 13.2 Å². The Bertz CT molecular complexity index is 566. The first-order chi connectivity index (χ1) is 7.93. The molecule has 1 aromatic carbocycles. The van der Waals surface area contributed by atoms with E-state index in [2.05, 4.69) is 9.97 Å². The Balaban J connectivity index is 2.83. The van der Waals surface area contributed by atoms with Crippen LogP contribution in [0.1, 0.15) is 11.4 Å². The lowest BCUT2D eigenvalue weighted by atomic mass is 10.1. The number of aryl methyl sites for hydroxylation is 1. The number of hydrogen-bond acceptors (Lipinski definition) is 3. The van der Waals surface area contributed by atoms with Crippen molar-refractivity contribution in [2.45, 2.75) is 13.1 Å². The highest BCUT2D eigenvalue weighted by molar-refractivity contribution is 5.87. The lowest BCUT2D eigenvalue weighted by molar-refractivity contribution is -0.136. The standard InChI is InChI=1S/C11H9F3N2O/c1-6-15-5-7-8(11(12,13)14)3-4-9(17-2)10(7)16-6/h3-5H,1-2H3. The van der Waals surface area contributed by atoms with Crippen LogP contribution in [0.2, 0.25) is 0 Å². The summed E-state index contributed by atoms with van der Waals surface area (Å²) < 4.78 is 43.3. The van der Waals surface area contributed by atoms with Crippen LogP contribution in [-0.4, -0.2) is 17.1 Å². The van der Waals surface area contributed by atoms with Gasteiger partial charge in [0.1, 0.15) is 17.1 Å². The van der Waals surface area contributed by atoms with E-state index in [9.17, 15) is 13.2 Å². The van der Waals surface area contributed by atoms with E-state index in [1.165, 1.54) is 19.4 Å². The summed E-state index contributed by atoms with van der Waals surface area (Å²) in [6.45, 7) is 1.61. The minimum atomic E-state index is -4.43. The molecule has 0 aliphatic rings. The Labute approximate surface area is 95.3 Å². The van der Waals surface area contributed by atoms with E-state index in [-0.39, 0.29) is 10.9 Å². The second-order valence-electron chi connectivity index (χ2n) is 3.49. The fourth-order valence-electron chi connectivity index (χ4n) is 1.59. The molecule has 0 atom stereocenters. The number of halogens is 3. The quantitative estimate of drug-likeness (QED) is 0.771. The van der Waals surface area contributed by atoms with E-state index >= 15 is 0 Å². The van der Waals surface area contributed by atoms with E-state index < -0.39 is 11.7 Å². The summed E-state index contributed by atoms with van der Waals surface area (Å²) in [5.41, 5.74) is -0.580. The third-order valence-electron chi connectivity index (χ3n) is 2.36. The molecule has 1 aromatic heterocycles. The van der Waals surface area contributed by atoms with Crippen molar-refractivity contribution in [2.24, 2.45) is 0 Å². The van der Waals surface area contributed by atoms with Gasteiger partial charge in [-0.3, -0.25) is 0 Å². The van der Waals surface area contributed by atoms with E-state index in [0.717, 1.165) is 6.07 Å². The molecule has 2 aromatic rings. The lowest BCUT2D eigenvalue weighted by Gasteiger charge is -2.12. The molecule has 0 aliphatic heterocycles. The molecule has 0 bridgehead atoms. The van der Waals surface area contributed by atoms with Gasteiger partial charge in [-0.05, 0) is 19.1 Å². The number of benzene rings is 1. The molecule has 0 spiro atoms. The van der Waals surface area contributed by atoms with Crippen LogP contribution in [-0.2, 0) is 6.18 Å². The average molecular weight is 242 g/mol. The predicted molar refractivity (Wildman–Crippen MR) is 55.8 cm³/mol. The molecule has 17 heavy (non-hydrogen) atoms. The van der Waals surface area contributed by atoms with Crippen LogP contribution in [0.3, 0.4) is 0 Å². The predicted octanol–water partition coefficient (Wildman–Crippen LogP) is 2.97. The maximum Gasteiger partial charge on any atom is 0.417 e. The highest BCUT2D eigenvalue weighted by Gasteiger charge is 2.33. The van der Waals surface area contributed by atoms with Gasteiger partial charge in [-0.1, -0.05) is 0 Å². The van der Waals surface area contributed by atoms with Crippen molar-refractivity contribution in [1.29, 1.82) is 0 Å². The molecule has 0 unspecified atom stereocenters. The molecule has 0 aliphatic carbocycles. The van der Waals surface area contributed by atoms with Gasteiger partial charge in [-0.25, -0.2) is 9.97 Å². The number of rotatable bonds is 1. The third kappa shape index (κ3) is 2.02. The largest absolute Gasteiger partial charge is 0.494 e. The summed E-state index contributed by atoms with van der Waals surface area (Å²) in [5.74, 6) is 0.702. The first-order valence-electron chi connectivity index (χ1n) is 4.81. The Morgan fingerprint density at radius 2 is 1.94 bits per heavy atom. The number of methoxy groups -OCH3 is 1. The van der Waals surface area contributed by atoms with Gasteiger partial charge in [-0.2, -0.15) is 13.2 Å². The van der Waals surface area contributed by atoms with Gasteiger partial charge in [-0.15, -0.1) is 0 Å². The van der Waals surface area contributed by atoms with Crippen molar-refractivity contribution in [3.8, 4) is 5.75 Å². The zero-order chi connectivity index (χ0) is 12.6. The SMILES string of the molecule is COc1ccc(C(F)(F)F)c2cnc(C)nc12. The van der Waals surface area contributed by atoms with Crippen molar-refractivity contribution in [3.05, 3.63) is 29.7 Å². The Hall–Kier alpha value is -1.85. The molecule has 3 nitrogen and oxygen atoms in total. The number of nitrogens with zero attached hydrogens (tertiary/aromatic N) is 2. The summed E-state index contributed by atoms with van der Waals surface area (Å²) in [7, 11) is 1.39. The molecule has 0 saturated heterocycles. The topological polar surface area (TPSA) is 35.0 Å². The lowest BCUT2D eigenvalue weighted by Crippen LogP contribution is -2.07. The smallest absolute Gasteiger partial charge is 0.417 e. The second-order valence-corrected chi connectivity index (χ2v) is 3.49. The van der Waals surface area contributed by atoms with Crippen molar-refractivity contribution < 1.29 is 17.9 Å². The van der Waals surface area contributed by atoms with Crippen molar-refractivity contribution in [1.82, 2.24) is 9.97 Å². The van der Waals surface area contributed by atoms with Gasteiger partial charge >= 0.3 is 6.18 Å². The summed E-state index contributed by atoms with van der Waals surface area (Å²) in [6.07, 6.45) is -3.26.